The quantitative estimate of drug-likeness (QED) is 0.416. The van der Waals surface area contributed by atoms with Crippen molar-refractivity contribution >= 4 is 23.4 Å². The number of imidazole rings is 1. The maximum Gasteiger partial charge on any atom is 0.187 e. The molecule has 4 rings (SSSR count). The molecule has 0 saturated carbocycles. The molecular weight excluding hydrogens is 432 g/mol. The van der Waals surface area contributed by atoms with Gasteiger partial charge < -0.3 is 18.8 Å². The summed E-state index contributed by atoms with van der Waals surface area (Å²) < 4.78 is 20.1. The molecule has 7 heteroatoms. The van der Waals surface area contributed by atoms with Crippen LogP contribution in [-0.4, -0.2) is 40.9 Å². The van der Waals surface area contributed by atoms with E-state index in [0.717, 1.165) is 35.1 Å². The molecule has 0 spiro atoms. The van der Waals surface area contributed by atoms with Gasteiger partial charge in [-0.25, -0.2) is 4.98 Å². The number of halogens is 1. The van der Waals surface area contributed by atoms with Gasteiger partial charge in [-0.3, -0.25) is 0 Å². The smallest absolute Gasteiger partial charge is 0.187 e. The highest BCUT2D eigenvalue weighted by Gasteiger charge is 2.41. The van der Waals surface area contributed by atoms with Gasteiger partial charge in [-0.1, -0.05) is 35.9 Å². The van der Waals surface area contributed by atoms with Crippen molar-refractivity contribution in [1.82, 2.24) is 9.55 Å². The molecule has 1 aliphatic heterocycles. The largest absolute Gasteiger partial charge is 0.497 e. The van der Waals surface area contributed by atoms with Crippen LogP contribution in [-0.2, 0) is 28.2 Å². The molecule has 0 amide bonds. The summed E-state index contributed by atoms with van der Waals surface area (Å²) in [6.45, 7) is 1.23. The topological polar surface area (TPSA) is 45.5 Å². The monoisotopic (exact) mass is 458 g/mol. The molecule has 1 fully saturated rings. The molecule has 1 aromatic heterocycles. The van der Waals surface area contributed by atoms with Crippen LogP contribution >= 0.6 is 23.4 Å². The summed E-state index contributed by atoms with van der Waals surface area (Å²) in [6.07, 6.45) is 7.25. The van der Waals surface area contributed by atoms with Crippen molar-refractivity contribution in [3.8, 4) is 5.75 Å². The van der Waals surface area contributed by atoms with Gasteiger partial charge in [-0.2, -0.15) is 11.8 Å². The highest BCUT2D eigenvalue weighted by atomic mass is 35.5. The van der Waals surface area contributed by atoms with Crippen molar-refractivity contribution < 1.29 is 14.2 Å². The molecule has 31 heavy (non-hydrogen) atoms. The first-order chi connectivity index (χ1) is 15.1. The number of hydrogen-bond acceptors (Lipinski definition) is 5. The summed E-state index contributed by atoms with van der Waals surface area (Å²) >= 11 is 7.83. The van der Waals surface area contributed by atoms with Gasteiger partial charge in [0.05, 0.1) is 32.7 Å². The van der Waals surface area contributed by atoms with E-state index in [4.69, 9.17) is 25.8 Å². The van der Waals surface area contributed by atoms with Crippen LogP contribution in [0.15, 0.2) is 67.3 Å². The summed E-state index contributed by atoms with van der Waals surface area (Å²) in [5, 5.41) is 0.766. The lowest BCUT2D eigenvalue weighted by molar-refractivity contribution is -0.180. The second kappa shape index (κ2) is 10.6. The van der Waals surface area contributed by atoms with E-state index in [-0.39, 0.29) is 6.10 Å². The van der Waals surface area contributed by atoms with E-state index in [9.17, 15) is 0 Å². The summed E-state index contributed by atoms with van der Waals surface area (Å²) in [5.41, 5.74) is 2.50. The van der Waals surface area contributed by atoms with Crippen LogP contribution in [0.3, 0.4) is 0 Å². The Bertz CT molecular complexity index is 934. The van der Waals surface area contributed by atoms with E-state index >= 15 is 0 Å². The standard InChI is InChI=1S/C24H27ClN2O3S/c1-28-22-8-4-19(5-9-22)10-11-24(17-27-13-12-26-18-27)29-14-23(30-24)16-31-15-20-2-6-21(25)7-3-20/h2-9,12-13,18,23H,10-11,14-17H2,1H3. The minimum absolute atomic E-state index is 0.0664. The van der Waals surface area contributed by atoms with Crippen LogP contribution in [0.25, 0.3) is 0 Å². The molecule has 0 radical (unpaired) electrons. The van der Waals surface area contributed by atoms with Gasteiger partial charge in [0.15, 0.2) is 5.79 Å². The van der Waals surface area contributed by atoms with Crippen LogP contribution < -0.4 is 4.74 Å². The molecule has 0 bridgehead atoms. The van der Waals surface area contributed by atoms with Crippen molar-refractivity contribution in [3.05, 3.63) is 83.4 Å². The first-order valence-electron chi connectivity index (χ1n) is 10.4. The minimum atomic E-state index is -0.647. The Morgan fingerprint density at radius 3 is 2.65 bits per heavy atom. The first kappa shape index (κ1) is 22.2. The maximum atomic E-state index is 6.51. The zero-order valence-corrected chi connectivity index (χ0v) is 19.1. The Morgan fingerprint density at radius 2 is 1.94 bits per heavy atom. The van der Waals surface area contributed by atoms with Crippen molar-refractivity contribution in [1.29, 1.82) is 0 Å². The summed E-state index contributed by atoms with van der Waals surface area (Å²) in [4.78, 5) is 4.17. The number of rotatable bonds is 10. The zero-order valence-electron chi connectivity index (χ0n) is 17.6. The Kier molecular flexibility index (Phi) is 7.56. The van der Waals surface area contributed by atoms with Crippen molar-refractivity contribution in [2.24, 2.45) is 0 Å². The van der Waals surface area contributed by atoms with Crippen molar-refractivity contribution in [2.45, 2.75) is 37.0 Å². The number of aryl methyl sites for hydroxylation is 1. The first-order valence-corrected chi connectivity index (χ1v) is 11.9. The van der Waals surface area contributed by atoms with Gasteiger partial charge in [0.25, 0.3) is 0 Å². The van der Waals surface area contributed by atoms with Crippen LogP contribution in [0, 0.1) is 0 Å². The summed E-state index contributed by atoms with van der Waals surface area (Å²) in [6, 6.07) is 16.2. The van der Waals surface area contributed by atoms with Crippen molar-refractivity contribution in [2.75, 3.05) is 19.5 Å². The van der Waals surface area contributed by atoms with Gasteiger partial charge in [0, 0.05) is 35.3 Å². The Balaban J connectivity index is 1.35. The van der Waals surface area contributed by atoms with E-state index < -0.39 is 5.79 Å². The highest BCUT2D eigenvalue weighted by molar-refractivity contribution is 7.98. The Morgan fingerprint density at radius 1 is 1.16 bits per heavy atom. The molecule has 5 nitrogen and oxygen atoms in total. The molecule has 2 heterocycles. The molecule has 2 atom stereocenters. The normalized spacial score (nSPS) is 20.8. The molecule has 2 unspecified atom stereocenters. The molecule has 164 valence electrons. The molecule has 0 aliphatic carbocycles. The van der Waals surface area contributed by atoms with Gasteiger partial charge in [0.2, 0.25) is 0 Å². The fourth-order valence-corrected chi connectivity index (χ4v) is 4.77. The van der Waals surface area contributed by atoms with Crippen LogP contribution in [0.4, 0.5) is 0 Å². The third-order valence-corrected chi connectivity index (χ3v) is 6.73. The lowest BCUT2D eigenvalue weighted by Gasteiger charge is -2.28. The number of hydrogen-bond donors (Lipinski definition) is 0. The molecule has 2 aromatic carbocycles. The number of benzene rings is 2. The number of nitrogens with zero attached hydrogens (tertiary/aromatic N) is 2. The van der Waals surface area contributed by atoms with E-state index in [0.29, 0.717) is 13.2 Å². The van der Waals surface area contributed by atoms with Crippen LogP contribution in [0.5, 0.6) is 5.75 Å². The number of aromatic nitrogens is 2. The van der Waals surface area contributed by atoms with E-state index in [1.54, 1.807) is 13.3 Å². The molecule has 0 N–H and O–H groups in total. The molecular formula is C24H27ClN2O3S. The van der Waals surface area contributed by atoms with Crippen LogP contribution in [0.1, 0.15) is 17.5 Å². The number of thioether (sulfide) groups is 1. The second-order valence-corrected chi connectivity index (χ2v) is 9.15. The average molecular weight is 459 g/mol. The minimum Gasteiger partial charge on any atom is -0.497 e. The van der Waals surface area contributed by atoms with E-state index in [2.05, 4.69) is 29.2 Å². The lowest BCUT2D eigenvalue weighted by Crippen LogP contribution is -2.37. The number of methoxy groups -OCH3 is 1. The zero-order chi connectivity index (χ0) is 21.5. The fourth-order valence-electron chi connectivity index (χ4n) is 3.67. The second-order valence-electron chi connectivity index (χ2n) is 7.69. The Hall–Kier alpha value is -1.99. The third kappa shape index (κ3) is 6.26. The maximum absolute atomic E-state index is 6.51. The summed E-state index contributed by atoms with van der Waals surface area (Å²) in [5.74, 6) is 2.03. The average Bonchev–Trinajstić information content (AvgIpc) is 3.45. The Labute approximate surface area is 192 Å². The van der Waals surface area contributed by atoms with Gasteiger partial charge in [0.1, 0.15) is 5.75 Å². The van der Waals surface area contributed by atoms with Gasteiger partial charge >= 0.3 is 0 Å². The fraction of sp³-hybridized carbons (Fsp3) is 0.375. The summed E-state index contributed by atoms with van der Waals surface area (Å²) in [7, 11) is 1.68. The molecule has 1 saturated heterocycles. The van der Waals surface area contributed by atoms with Crippen molar-refractivity contribution in [3.63, 3.8) is 0 Å². The van der Waals surface area contributed by atoms with E-state index in [1.165, 1.54) is 11.1 Å². The van der Waals surface area contributed by atoms with Crippen LogP contribution in [0.2, 0.25) is 5.02 Å². The predicted octanol–water partition coefficient (Wildman–Crippen LogP) is 5.22. The van der Waals surface area contributed by atoms with E-state index in [1.807, 2.05) is 53.1 Å². The lowest BCUT2D eigenvalue weighted by atomic mass is 10.0. The third-order valence-electron chi connectivity index (χ3n) is 5.34. The molecule has 1 aliphatic rings. The van der Waals surface area contributed by atoms with Gasteiger partial charge in [-0.05, 0) is 41.8 Å². The SMILES string of the molecule is COc1ccc(CCC2(Cn3ccnc3)OCC(CSCc3ccc(Cl)cc3)O2)cc1. The predicted molar refractivity (Wildman–Crippen MR) is 125 cm³/mol. The molecule has 3 aromatic rings. The highest BCUT2D eigenvalue weighted by Crippen LogP contribution is 2.33. The van der Waals surface area contributed by atoms with Gasteiger partial charge in [-0.15, -0.1) is 0 Å². The number of ether oxygens (including phenoxy) is 3.